The summed E-state index contributed by atoms with van der Waals surface area (Å²) >= 11 is 7.46. The van der Waals surface area contributed by atoms with E-state index in [2.05, 4.69) is 10.3 Å². The molecule has 136 valence electrons. The van der Waals surface area contributed by atoms with Gasteiger partial charge in [-0.1, -0.05) is 23.7 Å². The quantitative estimate of drug-likeness (QED) is 0.687. The van der Waals surface area contributed by atoms with Crippen molar-refractivity contribution in [1.82, 2.24) is 4.98 Å². The highest BCUT2D eigenvalue weighted by Gasteiger charge is 2.18. The summed E-state index contributed by atoms with van der Waals surface area (Å²) in [5, 5.41) is 3.46. The number of benzene rings is 1. The number of amides is 1. The van der Waals surface area contributed by atoms with E-state index < -0.39 is 15.7 Å². The zero-order chi connectivity index (χ0) is 18.9. The smallest absolute Gasteiger partial charge is 0.293 e. The minimum absolute atomic E-state index is 0.0903. The average molecular weight is 411 g/mol. The number of thiazole rings is 1. The molecule has 0 fully saturated rings. The van der Waals surface area contributed by atoms with Crippen LogP contribution in [0.5, 0.6) is 0 Å². The normalized spacial score (nSPS) is 11.5. The van der Waals surface area contributed by atoms with E-state index in [1.165, 1.54) is 23.5 Å². The molecule has 0 unspecified atom stereocenters. The number of hydrogen-bond acceptors (Lipinski definition) is 6. The van der Waals surface area contributed by atoms with E-state index in [-0.39, 0.29) is 10.9 Å². The number of carbonyl (C=O) groups is 1. The first kappa shape index (κ1) is 18.6. The topological polar surface area (TPSA) is 89.3 Å². The molecule has 0 radical (unpaired) electrons. The molecular formula is C17H15ClN2O4S2. The van der Waals surface area contributed by atoms with Crippen molar-refractivity contribution in [1.29, 1.82) is 0 Å². The maximum Gasteiger partial charge on any atom is 0.293 e. The first-order chi connectivity index (χ1) is 12.2. The zero-order valence-electron chi connectivity index (χ0n) is 13.9. The molecule has 0 atom stereocenters. The molecule has 2 aromatic heterocycles. The summed E-state index contributed by atoms with van der Waals surface area (Å²) in [5.74, 6) is -0.647. The van der Waals surface area contributed by atoms with Gasteiger partial charge in [0.1, 0.15) is 0 Å². The van der Waals surface area contributed by atoms with Crippen molar-refractivity contribution < 1.29 is 17.6 Å². The van der Waals surface area contributed by atoms with Gasteiger partial charge in [0.25, 0.3) is 5.91 Å². The van der Waals surface area contributed by atoms with Gasteiger partial charge in [0.15, 0.2) is 10.9 Å². The van der Waals surface area contributed by atoms with Crippen molar-refractivity contribution >= 4 is 43.8 Å². The number of halogens is 1. The Bertz CT molecular complexity index is 1070. The molecule has 6 nitrogen and oxygen atoms in total. The Labute approximate surface area is 159 Å². The first-order valence-electron chi connectivity index (χ1n) is 7.53. The van der Waals surface area contributed by atoms with Crippen LogP contribution >= 0.6 is 22.9 Å². The van der Waals surface area contributed by atoms with Crippen molar-refractivity contribution in [2.45, 2.75) is 18.4 Å². The number of carbonyl (C=O) groups excluding carboxylic acids is 1. The molecule has 3 aromatic rings. The Morgan fingerprint density at radius 3 is 2.73 bits per heavy atom. The minimum Gasteiger partial charge on any atom is -0.440 e. The maximum absolute atomic E-state index is 12.2. The van der Waals surface area contributed by atoms with Crippen LogP contribution in [0.25, 0.3) is 0 Å². The third kappa shape index (κ3) is 4.32. The highest BCUT2D eigenvalue weighted by atomic mass is 35.5. The van der Waals surface area contributed by atoms with Crippen LogP contribution in [0.3, 0.4) is 0 Å². The number of nitrogens with one attached hydrogen (secondary N) is 1. The second kappa shape index (κ2) is 7.22. The summed E-state index contributed by atoms with van der Waals surface area (Å²) < 4.78 is 27.9. The molecule has 0 saturated carbocycles. The fourth-order valence-electron chi connectivity index (χ4n) is 2.19. The van der Waals surface area contributed by atoms with E-state index in [1.807, 2.05) is 25.1 Å². The lowest BCUT2D eigenvalue weighted by molar-refractivity contribution is 0.0991. The van der Waals surface area contributed by atoms with Gasteiger partial charge in [-0.25, -0.2) is 13.4 Å². The average Bonchev–Trinajstić information content (AvgIpc) is 3.20. The molecule has 26 heavy (non-hydrogen) atoms. The third-order valence-corrected chi connectivity index (χ3v) is 5.83. The lowest BCUT2D eigenvalue weighted by atomic mass is 10.1. The summed E-state index contributed by atoms with van der Waals surface area (Å²) in [7, 11) is -3.50. The van der Waals surface area contributed by atoms with E-state index in [9.17, 15) is 13.2 Å². The molecular weight excluding hydrogens is 396 g/mol. The molecule has 0 aliphatic heterocycles. The number of furan rings is 1. The van der Waals surface area contributed by atoms with Gasteiger partial charge in [0.05, 0.1) is 0 Å². The van der Waals surface area contributed by atoms with Crippen molar-refractivity contribution in [3.63, 3.8) is 0 Å². The van der Waals surface area contributed by atoms with Gasteiger partial charge >= 0.3 is 0 Å². The van der Waals surface area contributed by atoms with E-state index in [0.717, 1.165) is 22.3 Å². The molecule has 0 aliphatic rings. The number of nitrogens with zero attached hydrogens (tertiary/aromatic N) is 1. The molecule has 1 amide bonds. The molecule has 3 rings (SSSR count). The van der Waals surface area contributed by atoms with Crippen LogP contribution in [0.1, 0.15) is 26.6 Å². The lowest BCUT2D eigenvalue weighted by Gasteiger charge is -2.02. The van der Waals surface area contributed by atoms with Crippen LogP contribution in [0.2, 0.25) is 5.02 Å². The largest absolute Gasteiger partial charge is 0.440 e. The Balaban J connectivity index is 1.69. The highest BCUT2D eigenvalue weighted by Crippen LogP contribution is 2.24. The summed E-state index contributed by atoms with van der Waals surface area (Å²) in [4.78, 5) is 17.3. The number of hydrogen-bond donors (Lipinski definition) is 1. The zero-order valence-corrected chi connectivity index (χ0v) is 16.3. The second-order valence-corrected chi connectivity index (χ2v) is 9.21. The third-order valence-electron chi connectivity index (χ3n) is 3.56. The van der Waals surface area contributed by atoms with Gasteiger partial charge in [-0.2, -0.15) is 0 Å². The standard InChI is InChI=1S/C17H15ClN2O4S2/c1-10-3-4-11(8-13(10)18)7-12-9-19-17(25-12)20-16(21)14-5-6-15(24-14)26(2,22)23/h3-6,8-9H,7H2,1-2H3,(H,19,20,21). The molecule has 2 heterocycles. The minimum atomic E-state index is -3.50. The predicted molar refractivity (Wildman–Crippen MR) is 101 cm³/mol. The van der Waals surface area contributed by atoms with Gasteiger partial charge < -0.3 is 4.42 Å². The van der Waals surface area contributed by atoms with Gasteiger partial charge in [0, 0.05) is 28.8 Å². The van der Waals surface area contributed by atoms with Crippen LogP contribution < -0.4 is 5.32 Å². The fraction of sp³-hybridized carbons (Fsp3) is 0.176. The molecule has 1 aromatic carbocycles. The van der Waals surface area contributed by atoms with Crippen LogP contribution in [-0.4, -0.2) is 25.6 Å². The Morgan fingerprint density at radius 1 is 1.31 bits per heavy atom. The van der Waals surface area contributed by atoms with Crippen LogP contribution in [0.15, 0.2) is 46.0 Å². The van der Waals surface area contributed by atoms with E-state index in [4.69, 9.17) is 16.0 Å². The molecule has 0 spiro atoms. The van der Waals surface area contributed by atoms with Gasteiger partial charge in [-0.3, -0.25) is 10.1 Å². The molecule has 9 heteroatoms. The number of anilines is 1. The summed E-state index contributed by atoms with van der Waals surface area (Å²) in [6.45, 7) is 1.94. The van der Waals surface area contributed by atoms with Crippen molar-refractivity contribution in [2.75, 3.05) is 11.6 Å². The Kier molecular flexibility index (Phi) is 5.17. The number of aryl methyl sites for hydroxylation is 1. The van der Waals surface area contributed by atoms with E-state index >= 15 is 0 Å². The highest BCUT2D eigenvalue weighted by molar-refractivity contribution is 7.90. The van der Waals surface area contributed by atoms with Crippen LogP contribution in [-0.2, 0) is 16.3 Å². The molecule has 1 N–H and O–H groups in total. The Hall–Kier alpha value is -2.16. The van der Waals surface area contributed by atoms with E-state index in [1.54, 1.807) is 6.20 Å². The molecule has 0 bridgehead atoms. The number of rotatable bonds is 5. The summed E-state index contributed by atoms with van der Waals surface area (Å²) in [6, 6.07) is 8.42. The summed E-state index contributed by atoms with van der Waals surface area (Å²) in [6.07, 6.45) is 3.34. The lowest BCUT2D eigenvalue weighted by Crippen LogP contribution is -2.10. The van der Waals surface area contributed by atoms with E-state index in [0.29, 0.717) is 16.6 Å². The molecule has 0 saturated heterocycles. The number of sulfone groups is 1. The SMILES string of the molecule is Cc1ccc(Cc2cnc(NC(=O)c3ccc(S(C)(=O)=O)o3)s2)cc1Cl. The maximum atomic E-state index is 12.2. The fourth-order valence-corrected chi connectivity index (χ4v) is 3.80. The molecule has 0 aliphatic carbocycles. The van der Waals surface area contributed by atoms with Gasteiger partial charge in [0.2, 0.25) is 14.9 Å². The van der Waals surface area contributed by atoms with Crippen molar-refractivity contribution in [3.8, 4) is 0 Å². The number of aromatic nitrogens is 1. The van der Waals surface area contributed by atoms with Gasteiger partial charge in [-0.15, -0.1) is 11.3 Å². The van der Waals surface area contributed by atoms with Gasteiger partial charge in [-0.05, 0) is 36.2 Å². The Morgan fingerprint density at radius 2 is 2.08 bits per heavy atom. The van der Waals surface area contributed by atoms with Crippen LogP contribution in [0.4, 0.5) is 5.13 Å². The monoisotopic (exact) mass is 410 g/mol. The second-order valence-electron chi connectivity index (χ2n) is 5.74. The predicted octanol–water partition coefficient (Wildman–Crippen LogP) is 3.94. The van der Waals surface area contributed by atoms with Crippen molar-refractivity contribution in [3.05, 3.63) is 63.3 Å². The first-order valence-corrected chi connectivity index (χ1v) is 10.6. The summed E-state index contributed by atoms with van der Waals surface area (Å²) in [5.41, 5.74) is 2.06. The van der Waals surface area contributed by atoms with Crippen molar-refractivity contribution in [2.24, 2.45) is 0 Å². The van der Waals surface area contributed by atoms with Crippen LogP contribution in [0, 0.1) is 6.92 Å².